The Hall–Kier alpha value is -1.28. The molecule has 1 aromatic carbocycles. The zero-order valence-corrected chi connectivity index (χ0v) is 6.93. The first-order chi connectivity index (χ1) is 5.79. The maximum atomic E-state index is 11.2. The highest BCUT2D eigenvalue weighted by atomic mass is 35.5. The van der Waals surface area contributed by atoms with Crippen LogP contribution in [0.4, 0.5) is 0 Å². The second kappa shape index (κ2) is 2.64. The van der Waals surface area contributed by atoms with Gasteiger partial charge < -0.3 is 4.98 Å². The van der Waals surface area contributed by atoms with Crippen molar-refractivity contribution in [3.63, 3.8) is 0 Å². The second-order valence-corrected chi connectivity index (χ2v) is 2.92. The fourth-order valence-electron chi connectivity index (χ4n) is 1.17. The first-order valence-corrected chi connectivity index (χ1v) is 3.93. The van der Waals surface area contributed by atoms with Crippen molar-refractivity contribution < 1.29 is 0 Å². The summed E-state index contributed by atoms with van der Waals surface area (Å²) in [5.41, 5.74) is -0.102. The first kappa shape index (κ1) is 7.37. The van der Waals surface area contributed by atoms with E-state index >= 15 is 0 Å². The van der Waals surface area contributed by atoms with Crippen LogP contribution in [0.2, 0.25) is 5.02 Å². The Balaban J connectivity index is 3.05. The molecule has 0 aliphatic rings. The standard InChI is InChI=1S/C9H6ClNO/c10-8-5-11-9(12)7-4-2-1-3-6(7)8/h1-5H,(H,11,12). The number of fused-ring (bicyclic) bond motifs is 1. The summed E-state index contributed by atoms with van der Waals surface area (Å²) in [7, 11) is 0. The molecule has 0 atom stereocenters. The van der Waals surface area contributed by atoms with Gasteiger partial charge in [-0.15, -0.1) is 0 Å². The van der Waals surface area contributed by atoms with Crippen molar-refractivity contribution in [2.75, 3.05) is 0 Å². The summed E-state index contributed by atoms with van der Waals surface area (Å²) >= 11 is 5.86. The number of hydrogen-bond donors (Lipinski definition) is 1. The van der Waals surface area contributed by atoms with Gasteiger partial charge in [-0.1, -0.05) is 29.8 Å². The third-order valence-corrected chi connectivity index (χ3v) is 2.07. The molecule has 0 aliphatic carbocycles. The number of pyridine rings is 1. The fraction of sp³-hybridized carbons (Fsp3) is 0. The van der Waals surface area contributed by atoms with Crippen LogP contribution >= 0.6 is 11.6 Å². The highest BCUT2D eigenvalue weighted by Crippen LogP contribution is 2.18. The molecule has 3 heteroatoms. The van der Waals surface area contributed by atoms with E-state index in [1.165, 1.54) is 6.20 Å². The van der Waals surface area contributed by atoms with Gasteiger partial charge in [-0.05, 0) is 6.07 Å². The summed E-state index contributed by atoms with van der Waals surface area (Å²) in [4.78, 5) is 13.8. The van der Waals surface area contributed by atoms with Gasteiger partial charge in [0.25, 0.3) is 5.56 Å². The monoisotopic (exact) mass is 179 g/mol. The minimum absolute atomic E-state index is 0.102. The largest absolute Gasteiger partial charge is 0.327 e. The molecule has 0 saturated heterocycles. The average Bonchev–Trinajstić information content (AvgIpc) is 2.12. The van der Waals surface area contributed by atoms with Crippen molar-refractivity contribution in [1.82, 2.24) is 4.98 Å². The maximum Gasteiger partial charge on any atom is 0.255 e. The second-order valence-electron chi connectivity index (χ2n) is 2.51. The third kappa shape index (κ3) is 1.01. The Morgan fingerprint density at radius 3 is 2.50 bits per heavy atom. The molecule has 0 aliphatic heterocycles. The molecular weight excluding hydrogens is 174 g/mol. The number of aromatic amines is 1. The Kier molecular flexibility index (Phi) is 1.62. The maximum absolute atomic E-state index is 11.2. The Morgan fingerprint density at radius 2 is 1.83 bits per heavy atom. The Labute approximate surface area is 73.8 Å². The van der Waals surface area contributed by atoms with Crippen LogP contribution < -0.4 is 5.56 Å². The summed E-state index contributed by atoms with van der Waals surface area (Å²) in [6.45, 7) is 0. The van der Waals surface area contributed by atoms with Crippen molar-refractivity contribution in [2.45, 2.75) is 0 Å². The van der Waals surface area contributed by atoms with Gasteiger partial charge >= 0.3 is 0 Å². The topological polar surface area (TPSA) is 32.9 Å². The van der Waals surface area contributed by atoms with E-state index in [0.717, 1.165) is 5.39 Å². The quantitative estimate of drug-likeness (QED) is 0.661. The molecule has 0 spiro atoms. The van der Waals surface area contributed by atoms with E-state index in [2.05, 4.69) is 4.98 Å². The van der Waals surface area contributed by atoms with Gasteiger partial charge in [0.15, 0.2) is 0 Å². The molecule has 60 valence electrons. The van der Waals surface area contributed by atoms with E-state index in [1.807, 2.05) is 18.2 Å². The van der Waals surface area contributed by atoms with E-state index in [1.54, 1.807) is 6.07 Å². The number of halogens is 1. The zero-order chi connectivity index (χ0) is 8.55. The number of aromatic nitrogens is 1. The van der Waals surface area contributed by atoms with Crippen LogP contribution in [0.5, 0.6) is 0 Å². The molecule has 1 heterocycles. The lowest BCUT2D eigenvalue weighted by Crippen LogP contribution is -2.04. The van der Waals surface area contributed by atoms with Crippen LogP contribution in [-0.4, -0.2) is 4.98 Å². The molecule has 2 nitrogen and oxygen atoms in total. The molecule has 1 N–H and O–H groups in total. The molecule has 1 aromatic heterocycles. The van der Waals surface area contributed by atoms with Gasteiger partial charge in [-0.25, -0.2) is 0 Å². The molecule has 12 heavy (non-hydrogen) atoms. The molecule has 0 radical (unpaired) electrons. The van der Waals surface area contributed by atoms with Crippen LogP contribution in [0.15, 0.2) is 35.3 Å². The lowest BCUT2D eigenvalue weighted by Gasteiger charge is -1.96. The van der Waals surface area contributed by atoms with Crippen LogP contribution in [0.1, 0.15) is 0 Å². The zero-order valence-electron chi connectivity index (χ0n) is 6.17. The molecule has 0 amide bonds. The molecule has 0 bridgehead atoms. The summed E-state index contributed by atoms with van der Waals surface area (Å²) < 4.78 is 0. The molecule has 2 rings (SSSR count). The average molecular weight is 180 g/mol. The van der Waals surface area contributed by atoms with E-state index < -0.39 is 0 Å². The summed E-state index contributed by atoms with van der Waals surface area (Å²) in [6, 6.07) is 7.24. The van der Waals surface area contributed by atoms with E-state index in [4.69, 9.17) is 11.6 Å². The summed E-state index contributed by atoms with van der Waals surface area (Å²) in [6.07, 6.45) is 1.51. The predicted molar refractivity (Wildman–Crippen MR) is 49.6 cm³/mol. The molecule has 2 aromatic rings. The van der Waals surface area contributed by atoms with Gasteiger partial charge in [0.2, 0.25) is 0 Å². The summed E-state index contributed by atoms with van der Waals surface area (Å²) in [5, 5.41) is 2.00. The van der Waals surface area contributed by atoms with Crippen molar-refractivity contribution in [1.29, 1.82) is 0 Å². The minimum Gasteiger partial charge on any atom is -0.327 e. The lowest BCUT2D eigenvalue weighted by atomic mass is 10.2. The van der Waals surface area contributed by atoms with E-state index in [-0.39, 0.29) is 5.56 Å². The van der Waals surface area contributed by atoms with Gasteiger partial charge in [0, 0.05) is 17.0 Å². The highest BCUT2D eigenvalue weighted by molar-refractivity contribution is 6.35. The smallest absolute Gasteiger partial charge is 0.255 e. The van der Waals surface area contributed by atoms with Gasteiger partial charge in [0.1, 0.15) is 0 Å². The number of rotatable bonds is 0. The van der Waals surface area contributed by atoms with Crippen LogP contribution in [0.25, 0.3) is 10.8 Å². The predicted octanol–water partition coefficient (Wildman–Crippen LogP) is 2.18. The van der Waals surface area contributed by atoms with Gasteiger partial charge in [0.05, 0.1) is 5.02 Å². The molecule has 0 fully saturated rings. The molecule has 0 unspecified atom stereocenters. The summed E-state index contributed by atoms with van der Waals surface area (Å²) in [5.74, 6) is 0. The van der Waals surface area contributed by atoms with E-state index in [9.17, 15) is 4.79 Å². The number of benzene rings is 1. The van der Waals surface area contributed by atoms with Crippen LogP contribution in [0, 0.1) is 0 Å². The lowest BCUT2D eigenvalue weighted by molar-refractivity contribution is 1.28. The van der Waals surface area contributed by atoms with Crippen LogP contribution in [0.3, 0.4) is 0 Å². The number of hydrogen-bond acceptors (Lipinski definition) is 1. The molecule has 0 saturated carbocycles. The van der Waals surface area contributed by atoms with Gasteiger partial charge in [-0.2, -0.15) is 0 Å². The normalized spacial score (nSPS) is 10.4. The van der Waals surface area contributed by atoms with Crippen LogP contribution in [-0.2, 0) is 0 Å². The SMILES string of the molecule is O=c1[nH]cc(Cl)c2ccccc12. The Morgan fingerprint density at radius 1 is 1.17 bits per heavy atom. The molecular formula is C9H6ClNO. The first-order valence-electron chi connectivity index (χ1n) is 3.55. The van der Waals surface area contributed by atoms with Crippen molar-refractivity contribution in [2.24, 2.45) is 0 Å². The highest BCUT2D eigenvalue weighted by Gasteiger charge is 1.99. The number of nitrogens with one attached hydrogen (secondary N) is 1. The van der Waals surface area contributed by atoms with Gasteiger partial charge in [-0.3, -0.25) is 4.79 Å². The number of H-pyrrole nitrogens is 1. The van der Waals surface area contributed by atoms with Crippen molar-refractivity contribution in [3.05, 3.63) is 45.8 Å². The van der Waals surface area contributed by atoms with Crippen molar-refractivity contribution >= 4 is 22.4 Å². The minimum atomic E-state index is -0.102. The third-order valence-electron chi connectivity index (χ3n) is 1.76. The fourth-order valence-corrected chi connectivity index (χ4v) is 1.39. The van der Waals surface area contributed by atoms with Crippen molar-refractivity contribution in [3.8, 4) is 0 Å². The van der Waals surface area contributed by atoms with E-state index in [0.29, 0.717) is 10.4 Å². The Bertz CT molecular complexity index is 475.